The molecule has 3 nitrogen and oxygen atoms in total. The van der Waals surface area contributed by atoms with E-state index in [4.69, 9.17) is 0 Å². The Morgan fingerprint density at radius 3 is 2.81 bits per heavy atom. The second-order valence-corrected chi connectivity index (χ2v) is 5.68. The van der Waals surface area contributed by atoms with E-state index in [1.54, 1.807) is 0 Å². The van der Waals surface area contributed by atoms with Crippen molar-refractivity contribution in [2.45, 2.75) is 26.8 Å². The average molecular weight is 280 g/mol. The summed E-state index contributed by atoms with van der Waals surface area (Å²) >= 11 is 0. The minimum atomic E-state index is -0.0370. The molecular formula is C18H20N2O. The van der Waals surface area contributed by atoms with Gasteiger partial charge < -0.3 is 10.6 Å². The number of rotatable bonds is 2. The maximum Gasteiger partial charge on any atom is 0.255 e. The van der Waals surface area contributed by atoms with Crippen LogP contribution in [0.4, 0.5) is 5.69 Å². The highest BCUT2D eigenvalue weighted by Gasteiger charge is 2.13. The molecule has 0 unspecified atom stereocenters. The van der Waals surface area contributed by atoms with Crippen LogP contribution in [0, 0.1) is 13.8 Å². The van der Waals surface area contributed by atoms with Crippen LogP contribution in [0.2, 0.25) is 0 Å². The third-order valence-corrected chi connectivity index (χ3v) is 4.00. The van der Waals surface area contributed by atoms with Gasteiger partial charge in [-0.3, -0.25) is 4.79 Å². The van der Waals surface area contributed by atoms with Gasteiger partial charge in [0.1, 0.15) is 0 Å². The third kappa shape index (κ3) is 2.98. The third-order valence-electron chi connectivity index (χ3n) is 4.00. The molecule has 0 aliphatic carbocycles. The van der Waals surface area contributed by atoms with E-state index in [0.29, 0.717) is 0 Å². The van der Waals surface area contributed by atoms with Crippen LogP contribution in [0.25, 0.3) is 0 Å². The number of anilines is 1. The zero-order chi connectivity index (χ0) is 14.8. The van der Waals surface area contributed by atoms with E-state index >= 15 is 0 Å². The van der Waals surface area contributed by atoms with Crippen LogP contribution in [0.5, 0.6) is 0 Å². The van der Waals surface area contributed by atoms with E-state index in [-0.39, 0.29) is 5.91 Å². The standard InChI is InChI=1S/C18H20N2O/c1-12-3-4-13(2)17(9-12)20-18(21)15-5-6-16-11-19-8-7-14(16)10-15/h3-6,9-10,19H,7-8,11H2,1-2H3,(H,20,21). The molecule has 2 aromatic carbocycles. The fourth-order valence-corrected chi connectivity index (χ4v) is 2.68. The number of nitrogens with one attached hydrogen (secondary N) is 2. The van der Waals surface area contributed by atoms with Gasteiger partial charge in [-0.15, -0.1) is 0 Å². The molecular weight excluding hydrogens is 260 g/mol. The van der Waals surface area contributed by atoms with Crippen LogP contribution >= 0.6 is 0 Å². The Labute approximate surface area is 125 Å². The molecule has 3 heteroatoms. The van der Waals surface area contributed by atoms with Crippen molar-refractivity contribution >= 4 is 11.6 Å². The first-order valence-electron chi connectivity index (χ1n) is 7.34. The van der Waals surface area contributed by atoms with Crippen molar-refractivity contribution in [1.29, 1.82) is 0 Å². The summed E-state index contributed by atoms with van der Waals surface area (Å²) in [5.74, 6) is -0.0370. The summed E-state index contributed by atoms with van der Waals surface area (Å²) in [7, 11) is 0. The van der Waals surface area contributed by atoms with Crippen LogP contribution in [0.1, 0.15) is 32.6 Å². The minimum absolute atomic E-state index is 0.0370. The van der Waals surface area contributed by atoms with E-state index in [9.17, 15) is 4.79 Å². The van der Waals surface area contributed by atoms with Crippen LogP contribution in [-0.4, -0.2) is 12.5 Å². The number of benzene rings is 2. The Kier molecular flexibility index (Phi) is 3.76. The highest BCUT2D eigenvalue weighted by atomic mass is 16.1. The summed E-state index contributed by atoms with van der Waals surface area (Å²) in [6, 6.07) is 12.1. The van der Waals surface area contributed by atoms with Gasteiger partial charge in [0.2, 0.25) is 0 Å². The van der Waals surface area contributed by atoms with Gasteiger partial charge in [-0.05, 0) is 67.3 Å². The normalized spacial score (nSPS) is 13.6. The molecule has 0 atom stereocenters. The molecule has 1 amide bonds. The second kappa shape index (κ2) is 5.70. The fraction of sp³-hybridized carbons (Fsp3) is 0.278. The number of carbonyl (C=O) groups is 1. The lowest BCUT2D eigenvalue weighted by atomic mass is 9.98. The molecule has 1 aliphatic heterocycles. The SMILES string of the molecule is Cc1ccc(C)c(NC(=O)c2ccc3c(c2)CCNC3)c1. The van der Waals surface area contributed by atoms with E-state index in [1.807, 2.05) is 38.1 Å². The maximum atomic E-state index is 12.4. The van der Waals surface area contributed by atoms with Crippen LogP contribution in [-0.2, 0) is 13.0 Å². The molecule has 0 aromatic heterocycles. The molecule has 0 radical (unpaired) electrons. The van der Waals surface area contributed by atoms with Crippen molar-refractivity contribution in [2.75, 3.05) is 11.9 Å². The molecule has 3 rings (SSSR count). The zero-order valence-corrected chi connectivity index (χ0v) is 12.5. The van der Waals surface area contributed by atoms with E-state index in [0.717, 1.165) is 41.9 Å². The second-order valence-electron chi connectivity index (χ2n) is 5.68. The van der Waals surface area contributed by atoms with Gasteiger partial charge in [-0.2, -0.15) is 0 Å². The predicted molar refractivity (Wildman–Crippen MR) is 85.7 cm³/mol. The van der Waals surface area contributed by atoms with Crippen molar-refractivity contribution in [1.82, 2.24) is 5.32 Å². The molecule has 108 valence electrons. The maximum absolute atomic E-state index is 12.4. The Morgan fingerprint density at radius 2 is 1.95 bits per heavy atom. The Balaban J connectivity index is 1.83. The van der Waals surface area contributed by atoms with Crippen LogP contribution < -0.4 is 10.6 Å². The summed E-state index contributed by atoms with van der Waals surface area (Å²) in [6.45, 7) is 5.91. The van der Waals surface area contributed by atoms with Gasteiger partial charge in [-0.1, -0.05) is 18.2 Å². The lowest BCUT2D eigenvalue weighted by molar-refractivity contribution is 0.102. The molecule has 0 spiro atoms. The molecule has 21 heavy (non-hydrogen) atoms. The summed E-state index contributed by atoms with van der Waals surface area (Å²) in [5.41, 5.74) is 6.42. The van der Waals surface area contributed by atoms with Crippen molar-refractivity contribution in [3.05, 3.63) is 64.2 Å². The molecule has 0 saturated carbocycles. The Bertz CT molecular complexity index is 692. The number of carbonyl (C=O) groups excluding carboxylic acids is 1. The van der Waals surface area contributed by atoms with Gasteiger partial charge >= 0.3 is 0 Å². The largest absolute Gasteiger partial charge is 0.322 e. The van der Waals surface area contributed by atoms with Gasteiger partial charge in [-0.25, -0.2) is 0 Å². The quantitative estimate of drug-likeness (QED) is 0.887. The highest BCUT2D eigenvalue weighted by molar-refractivity contribution is 6.04. The van der Waals surface area contributed by atoms with Crippen molar-refractivity contribution < 1.29 is 4.79 Å². The highest BCUT2D eigenvalue weighted by Crippen LogP contribution is 2.20. The topological polar surface area (TPSA) is 41.1 Å². The first kappa shape index (κ1) is 13.8. The fourth-order valence-electron chi connectivity index (χ4n) is 2.68. The first-order valence-corrected chi connectivity index (χ1v) is 7.34. The Hall–Kier alpha value is -2.13. The smallest absolute Gasteiger partial charge is 0.255 e. The van der Waals surface area contributed by atoms with E-state index < -0.39 is 0 Å². The van der Waals surface area contributed by atoms with Gasteiger partial charge in [0, 0.05) is 17.8 Å². The molecule has 2 aromatic rings. The molecule has 0 fully saturated rings. The van der Waals surface area contributed by atoms with E-state index in [2.05, 4.69) is 22.8 Å². The van der Waals surface area contributed by atoms with Crippen molar-refractivity contribution in [3.63, 3.8) is 0 Å². The number of hydrogen-bond donors (Lipinski definition) is 2. The molecule has 1 aliphatic rings. The van der Waals surface area contributed by atoms with Crippen molar-refractivity contribution in [3.8, 4) is 0 Å². The molecule has 0 bridgehead atoms. The average Bonchev–Trinajstić information content (AvgIpc) is 2.50. The molecule has 2 N–H and O–H groups in total. The number of amides is 1. The first-order chi connectivity index (χ1) is 10.1. The summed E-state index contributed by atoms with van der Waals surface area (Å²) < 4.78 is 0. The van der Waals surface area contributed by atoms with Crippen LogP contribution in [0.15, 0.2) is 36.4 Å². The van der Waals surface area contributed by atoms with Gasteiger partial charge in [0.15, 0.2) is 0 Å². The summed E-state index contributed by atoms with van der Waals surface area (Å²) in [5, 5.41) is 6.36. The van der Waals surface area contributed by atoms with Gasteiger partial charge in [0.25, 0.3) is 5.91 Å². The number of hydrogen-bond acceptors (Lipinski definition) is 2. The summed E-state index contributed by atoms with van der Waals surface area (Å²) in [6.07, 6.45) is 0.986. The monoisotopic (exact) mass is 280 g/mol. The number of aryl methyl sites for hydroxylation is 2. The predicted octanol–water partition coefficient (Wildman–Crippen LogP) is 3.20. The molecule has 1 heterocycles. The van der Waals surface area contributed by atoms with Gasteiger partial charge in [0.05, 0.1) is 0 Å². The zero-order valence-electron chi connectivity index (χ0n) is 12.5. The van der Waals surface area contributed by atoms with Crippen LogP contribution in [0.3, 0.4) is 0 Å². The lowest BCUT2D eigenvalue weighted by Gasteiger charge is -2.18. The van der Waals surface area contributed by atoms with E-state index in [1.165, 1.54) is 11.1 Å². The van der Waals surface area contributed by atoms with Crippen molar-refractivity contribution in [2.24, 2.45) is 0 Å². The Morgan fingerprint density at radius 1 is 1.10 bits per heavy atom. The minimum Gasteiger partial charge on any atom is -0.322 e. The lowest BCUT2D eigenvalue weighted by Crippen LogP contribution is -2.24. The molecule has 0 saturated heterocycles. The summed E-state index contributed by atoms with van der Waals surface area (Å²) in [4.78, 5) is 12.4. The number of fused-ring (bicyclic) bond motifs is 1.